The highest BCUT2D eigenvalue weighted by atomic mass is 16.3. The minimum absolute atomic E-state index is 0.0823. The largest absolute Gasteiger partial charge is 0.506 e. The van der Waals surface area contributed by atoms with E-state index in [-0.39, 0.29) is 11.7 Å². The summed E-state index contributed by atoms with van der Waals surface area (Å²) >= 11 is 0. The van der Waals surface area contributed by atoms with Crippen LogP contribution in [0.15, 0.2) is 78.9 Å². The van der Waals surface area contributed by atoms with Crippen LogP contribution in [-0.2, 0) is 0 Å². The van der Waals surface area contributed by atoms with Gasteiger partial charge in [-0.25, -0.2) is 0 Å². The second-order valence-electron chi connectivity index (χ2n) is 5.07. The molecule has 0 fully saturated rings. The van der Waals surface area contributed by atoms with E-state index in [0.29, 0.717) is 5.69 Å². The van der Waals surface area contributed by atoms with E-state index in [4.69, 9.17) is 5.73 Å². The van der Waals surface area contributed by atoms with Crippen LogP contribution < -0.4 is 5.73 Å². The van der Waals surface area contributed by atoms with E-state index in [1.54, 1.807) is 12.1 Å². The van der Waals surface area contributed by atoms with Gasteiger partial charge >= 0.3 is 0 Å². The van der Waals surface area contributed by atoms with Crippen LogP contribution in [-0.4, -0.2) is 5.11 Å². The standard InChI is InChI=1S/C19H17NO/c20-17-12-11-16(13-18(17)21)19(14-7-3-1-4-8-14)15-9-5-2-6-10-15/h1-13,19,21H,20H2. The molecule has 0 saturated heterocycles. The molecule has 2 nitrogen and oxygen atoms in total. The van der Waals surface area contributed by atoms with Gasteiger partial charge in [0.2, 0.25) is 0 Å². The zero-order chi connectivity index (χ0) is 14.7. The van der Waals surface area contributed by atoms with Crippen LogP contribution in [0.1, 0.15) is 22.6 Å². The van der Waals surface area contributed by atoms with Crippen molar-refractivity contribution in [3.63, 3.8) is 0 Å². The average molecular weight is 275 g/mol. The first kappa shape index (κ1) is 13.3. The summed E-state index contributed by atoms with van der Waals surface area (Å²) in [6, 6.07) is 26.0. The van der Waals surface area contributed by atoms with Crippen LogP contribution >= 0.6 is 0 Å². The van der Waals surface area contributed by atoms with Gasteiger partial charge in [0, 0.05) is 5.92 Å². The van der Waals surface area contributed by atoms with E-state index in [1.165, 1.54) is 11.1 Å². The molecule has 0 aromatic heterocycles. The van der Waals surface area contributed by atoms with Gasteiger partial charge in [0.15, 0.2) is 0 Å². The topological polar surface area (TPSA) is 46.2 Å². The van der Waals surface area contributed by atoms with Gasteiger partial charge in [-0.15, -0.1) is 0 Å². The number of rotatable bonds is 3. The van der Waals surface area contributed by atoms with E-state index < -0.39 is 0 Å². The van der Waals surface area contributed by atoms with Crippen molar-refractivity contribution >= 4 is 5.69 Å². The quantitative estimate of drug-likeness (QED) is 0.428. The van der Waals surface area contributed by atoms with Gasteiger partial charge in [-0.3, -0.25) is 0 Å². The summed E-state index contributed by atoms with van der Waals surface area (Å²) in [5.41, 5.74) is 9.52. The summed E-state index contributed by atoms with van der Waals surface area (Å²) in [5.74, 6) is 0.211. The highest BCUT2D eigenvalue weighted by Crippen LogP contribution is 2.34. The summed E-state index contributed by atoms with van der Waals surface area (Å²) in [5, 5.41) is 9.92. The maximum absolute atomic E-state index is 9.92. The second-order valence-corrected chi connectivity index (χ2v) is 5.07. The van der Waals surface area contributed by atoms with Crippen molar-refractivity contribution in [1.82, 2.24) is 0 Å². The Morgan fingerprint density at radius 1 is 0.667 bits per heavy atom. The van der Waals surface area contributed by atoms with Crippen molar-refractivity contribution in [2.75, 3.05) is 5.73 Å². The molecule has 3 N–H and O–H groups in total. The zero-order valence-corrected chi connectivity index (χ0v) is 11.6. The Kier molecular flexibility index (Phi) is 3.61. The molecule has 0 spiro atoms. The lowest BCUT2D eigenvalue weighted by molar-refractivity contribution is 0.477. The van der Waals surface area contributed by atoms with Gasteiger partial charge in [0.1, 0.15) is 5.75 Å². The molecule has 0 radical (unpaired) electrons. The number of phenols is 1. The van der Waals surface area contributed by atoms with Crippen molar-refractivity contribution in [1.29, 1.82) is 0 Å². The van der Waals surface area contributed by atoms with E-state index in [1.807, 2.05) is 42.5 Å². The van der Waals surface area contributed by atoms with Crippen LogP contribution in [0.4, 0.5) is 5.69 Å². The first-order chi connectivity index (χ1) is 10.3. The normalized spacial score (nSPS) is 10.7. The number of hydrogen-bond donors (Lipinski definition) is 2. The Balaban J connectivity index is 2.14. The molecule has 0 atom stereocenters. The Bertz CT molecular complexity index is 684. The van der Waals surface area contributed by atoms with Gasteiger partial charge in [-0.05, 0) is 28.8 Å². The zero-order valence-electron chi connectivity index (χ0n) is 11.6. The molecule has 2 heteroatoms. The van der Waals surface area contributed by atoms with Crippen LogP contribution in [0.25, 0.3) is 0 Å². The summed E-state index contributed by atoms with van der Waals surface area (Å²) in [4.78, 5) is 0. The van der Waals surface area contributed by atoms with Crippen LogP contribution in [0.2, 0.25) is 0 Å². The number of anilines is 1. The van der Waals surface area contributed by atoms with Crippen LogP contribution in [0.5, 0.6) is 5.75 Å². The number of aromatic hydroxyl groups is 1. The molecule has 104 valence electrons. The van der Waals surface area contributed by atoms with Crippen molar-refractivity contribution in [3.8, 4) is 5.75 Å². The molecule has 3 aromatic rings. The molecule has 0 saturated carbocycles. The lowest BCUT2D eigenvalue weighted by atomic mass is 9.85. The first-order valence-corrected chi connectivity index (χ1v) is 6.94. The fourth-order valence-electron chi connectivity index (χ4n) is 2.61. The van der Waals surface area contributed by atoms with Crippen molar-refractivity contribution < 1.29 is 5.11 Å². The molecular formula is C19H17NO. The molecule has 0 aliphatic rings. The first-order valence-electron chi connectivity index (χ1n) is 6.94. The third-order valence-electron chi connectivity index (χ3n) is 3.65. The monoisotopic (exact) mass is 275 g/mol. The Labute approximate surface area is 124 Å². The number of nitrogen functional groups attached to an aromatic ring is 1. The third-order valence-corrected chi connectivity index (χ3v) is 3.65. The van der Waals surface area contributed by atoms with Crippen molar-refractivity contribution in [2.24, 2.45) is 0 Å². The van der Waals surface area contributed by atoms with Gasteiger partial charge in [-0.1, -0.05) is 66.7 Å². The Hall–Kier alpha value is -2.74. The number of hydrogen-bond acceptors (Lipinski definition) is 2. The Morgan fingerprint density at radius 3 is 1.67 bits per heavy atom. The fourth-order valence-corrected chi connectivity index (χ4v) is 2.61. The fraction of sp³-hybridized carbons (Fsp3) is 0.0526. The molecule has 3 aromatic carbocycles. The van der Waals surface area contributed by atoms with Crippen molar-refractivity contribution in [2.45, 2.75) is 5.92 Å². The number of benzene rings is 3. The molecule has 0 aliphatic heterocycles. The lowest BCUT2D eigenvalue weighted by Crippen LogP contribution is -2.03. The number of phenolic OH excluding ortho intramolecular Hbond substituents is 1. The minimum atomic E-state index is 0.0823. The molecule has 3 rings (SSSR count). The van der Waals surface area contributed by atoms with Gasteiger partial charge in [-0.2, -0.15) is 0 Å². The molecule has 0 bridgehead atoms. The SMILES string of the molecule is Nc1ccc(C(c2ccccc2)c2ccccc2)cc1O. The van der Waals surface area contributed by atoms with E-state index >= 15 is 0 Å². The van der Waals surface area contributed by atoms with E-state index in [2.05, 4.69) is 24.3 Å². The minimum Gasteiger partial charge on any atom is -0.506 e. The predicted molar refractivity (Wildman–Crippen MR) is 86.3 cm³/mol. The Morgan fingerprint density at radius 2 is 1.19 bits per heavy atom. The smallest absolute Gasteiger partial charge is 0.138 e. The van der Waals surface area contributed by atoms with Crippen LogP contribution in [0.3, 0.4) is 0 Å². The van der Waals surface area contributed by atoms with Gasteiger partial charge < -0.3 is 10.8 Å². The second kappa shape index (κ2) is 5.71. The summed E-state index contributed by atoms with van der Waals surface area (Å²) in [6.07, 6.45) is 0. The highest BCUT2D eigenvalue weighted by molar-refractivity contribution is 5.56. The molecule has 21 heavy (non-hydrogen) atoms. The van der Waals surface area contributed by atoms with Crippen LogP contribution in [0, 0.1) is 0 Å². The maximum atomic E-state index is 9.92. The highest BCUT2D eigenvalue weighted by Gasteiger charge is 2.17. The van der Waals surface area contributed by atoms with Gasteiger partial charge in [0.25, 0.3) is 0 Å². The molecule has 0 amide bonds. The lowest BCUT2D eigenvalue weighted by Gasteiger charge is -2.19. The maximum Gasteiger partial charge on any atom is 0.138 e. The average Bonchev–Trinajstić information content (AvgIpc) is 2.53. The predicted octanol–water partition coefficient (Wildman–Crippen LogP) is 4.15. The molecule has 0 unspecified atom stereocenters. The van der Waals surface area contributed by atoms with Gasteiger partial charge in [0.05, 0.1) is 5.69 Å². The van der Waals surface area contributed by atoms with E-state index in [0.717, 1.165) is 5.56 Å². The molecule has 0 heterocycles. The van der Waals surface area contributed by atoms with E-state index in [9.17, 15) is 5.11 Å². The summed E-state index contributed by atoms with van der Waals surface area (Å²) < 4.78 is 0. The number of nitrogens with two attached hydrogens (primary N) is 1. The summed E-state index contributed by atoms with van der Waals surface area (Å²) in [6.45, 7) is 0. The molecule has 0 aliphatic carbocycles. The summed E-state index contributed by atoms with van der Waals surface area (Å²) in [7, 11) is 0. The van der Waals surface area contributed by atoms with Crippen molar-refractivity contribution in [3.05, 3.63) is 95.6 Å². The third kappa shape index (κ3) is 2.75. The molecular weight excluding hydrogens is 258 g/mol.